The number of hydrogen-bond acceptors (Lipinski definition) is 3. The maximum atomic E-state index is 13.9. The number of carbonyl (C=O) groups is 1. The van der Waals surface area contributed by atoms with Gasteiger partial charge in [-0.2, -0.15) is 0 Å². The van der Waals surface area contributed by atoms with Crippen LogP contribution >= 0.6 is 0 Å². The van der Waals surface area contributed by atoms with Crippen molar-refractivity contribution in [1.82, 2.24) is 4.90 Å². The summed E-state index contributed by atoms with van der Waals surface area (Å²) in [6.45, 7) is 11.1. The average Bonchev–Trinajstić information content (AvgIpc) is 2.91. The fourth-order valence-corrected chi connectivity index (χ4v) is 5.67. The molecule has 2 aromatic carbocycles. The van der Waals surface area contributed by atoms with E-state index in [0.29, 0.717) is 6.42 Å². The summed E-state index contributed by atoms with van der Waals surface area (Å²) in [6.07, 6.45) is 5.87. The van der Waals surface area contributed by atoms with Gasteiger partial charge in [0.05, 0.1) is 6.04 Å². The second-order valence-electron chi connectivity index (χ2n) is 10.4. The minimum Gasteiger partial charge on any atom is -0.374 e. The summed E-state index contributed by atoms with van der Waals surface area (Å²) in [7, 11) is -2.24. The van der Waals surface area contributed by atoms with Gasteiger partial charge in [-0.25, -0.2) is 0 Å². The molecule has 2 aliphatic rings. The van der Waals surface area contributed by atoms with E-state index in [0.717, 1.165) is 18.4 Å². The molecule has 1 saturated heterocycles. The van der Waals surface area contributed by atoms with Crippen molar-refractivity contribution in [1.29, 1.82) is 0 Å². The molecule has 0 spiro atoms. The number of nitrogens with zero attached hydrogens (tertiary/aromatic N) is 1. The first-order valence-corrected chi connectivity index (χ1v) is 14.5. The Morgan fingerprint density at radius 2 is 1.69 bits per heavy atom. The molecule has 1 fully saturated rings. The van der Waals surface area contributed by atoms with E-state index in [1.54, 1.807) is 0 Å². The van der Waals surface area contributed by atoms with Crippen LogP contribution in [0.5, 0.6) is 0 Å². The average molecular weight is 450 g/mol. The van der Waals surface area contributed by atoms with Gasteiger partial charge in [-0.05, 0) is 42.1 Å². The van der Waals surface area contributed by atoms with Gasteiger partial charge in [-0.1, -0.05) is 93.6 Å². The van der Waals surface area contributed by atoms with Crippen molar-refractivity contribution < 1.29 is 14.0 Å². The summed E-state index contributed by atoms with van der Waals surface area (Å²) in [4.78, 5) is 15.9. The van der Waals surface area contributed by atoms with Crippen LogP contribution in [0.25, 0.3) is 0 Å². The molecular formula is C27H35NO3Si. The molecule has 32 heavy (non-hydrogen) atoms. The van der Waals surface area contributed by atoms with Crippen molar-refractivity contribution in [2.45, 2.75) is 76.2 Å². The molecule has 0 radical (unpaired) electrons. The minimum atomic E-state index is -2.24. The predicted octanol–water partition coefficient (Wildman–Crippen LogP) is 6.22. The Bertz CT molecular complexity index is 967. The number of carbonyl (C=O) groups excluding carboxylic acids is 1. The summed E-state index contributed by atoms with van der Waals surface area (Å²) in [5.41, 5.74) is 2.08. The van der Waals surface area contributed by atoms with Gasteiger partial charge >= 0.3 is 0 Å². The van der Waals surface area contributed by atoms with Gasteiger partial charge in [0.15, 0.2) is 14.4 Å². The Morgan fingerprint density at radius 3 is 2.31 bits per heavy atom. The molecule has 4 nitrogen and oxygen atoms in total. The van der Waals surface area contributed by atoms with E-state index in [4.69, 9.17) is 9.16 Å². The third kappa shape index (κ3) is 4.34. The molecule has 1 unspecified atom stereocenters. The maximum absolute atomic E-state index is 13.9. The van der Waals surface area contributed by atoms with Gasteiger partial charge in [0.2, 0.25) is 5.91 Å². The number of amides is 1. The highest BCUT2D eigenvalue weighted by atomic mass is 28.4. The first-order valence-electron chi connectivity index (χ1n) is 11.6. The molecule has 0 bridgehead atoms. The zero-order valence-electron chi connectivity index (χ0n) is 19.9. The van der Waals surface area contributed by atoms with Crippen LogP contribution in [0, 0.1) is 0 Å². The van der Waals surface area contributed by atoms with Crippen LogP contribution in [-0.4, -0.2) is 31.1 Å². The summed E-state index contributed by atoms with van der Waals surface area (Å²) < 4.78 is 13.7. The summed E-state index contributed by atoms with van der Waals surface area (Å²) in [5.74, 6) is -1.06. The Kier molecular flexibility index (Phi) is 6.18. The monoisotopic (exact) mass is 449 g/mol. The number of allylic oxidation sites excluding steroid dienone is 1. The highest BCUT2D eigenvalue weighted by Crippen LogP contribution is 2.49. The third-order valence-electron chi connectivity index (χ3n) is 7.06. The molecule has 0 aromatic heterocycles. The van der Waals surface area contributed by atoms with Crippen LogP contribution in [-0.2, 0) is 20.4 Å². The number of hydrogen-bond donors (Lipinski definition) is 0. The molecular weight excluding hydrogens is 414 g/mol. The number of rotatable bonds is 5. The second kappa shape index (κ2) is 8.62. The minimum absolute atomic E-state index is 0.000674. The summed E-state index contributed by atoms with van der Waals surface area (Å²) in [5, 5.41) is -0.000674. The molecule has 2 aliphatic heterocycles. The Balaban J connectivity index is 1.77. The second-order valence-corrected chi connectivity index (χ2v) is 15.1. The fourth-order valence-electron chi connectivity index (χ4n) is 4.32. The topological polar surface area (TPSA) is 38.8 Å². The van der Waals surface area contributed by atoms with Crippen molar-refractivity contribution >= 4 is 14.2 Å². The van der Waals surface area contributed by atoms with Crippen LogP contribution in [0.4, 0.5) is 0 Å². The van der Waals surface area contributed by atoms with E-state index in [2.05, 4.69) is 58.2 Å². The standard InChI is InChI=1S/C27H35NO3Si/c1-26(2,3)32(4,5)31-27-19-13-12-18-23(20-21-14-8-6-9-15-21)28(27)25(29)24(30-27)22-16-10-7-11-17-22/h6-12,14-18,23-24H,13,19-20H2,1-5H3/t23-,24+,27?/m1/s1. The highest BCUT2D eigenvalue weighted by Gasteiger charge is 2.59. The van der Waals surface area contributed by atoms with Crippen molar-refractivity contribution in [3.05, 3.63) is 83.9 Å². The number of fused-ring (bicyclic) bond motifs is 1. The van der Waals surface area contributed by atoms with E-state index in [1.165, 1.54) is 5.56 Å². The lowest BCUT2D eigenvalue weighted by Crippen LogP contribution is -2.59. The zero-order chi connectivity index (χ0) is 23.0. The van der Waals surface area contributed by atoms with Crippen molar-refractivity contribution in [3.63, 3.8) is 0 Å². The van der Waals surface area contributed by atoms with E-state index < -0.39 is 20.3 Å². The van der Waals surface area contributed by atoms with Gasteiger partial charge < -0.3 is 9.16 Å². The number of benzene rings is 2. The smallest absolute Gasteiger partial charge is 0.261 e. The van der Waals surface area contributed by atoms with Gasteiger partial charge in [0.25, 0.3) is 5.91 Å². The Hall–Kier alpha value is -2.21. The van der Waals surface area contributed by atoms with Crippen LogP contribution in [0.2, 0.25) is 18.1 Å². The van der Waals surface area contributed by atoms with Crippen LogP contribution in [0.3, 0.4) is 0 Å². The zero-order valence-corrected chi connectivity index (χ0v) is 20.9. The van der Waals surface area contributed by atoms with Crippen molar-refractivity contribution in [2.24, 2.45) is 0 Å². The normalized spacial score (nSPS) is 26.2. The highest BCUT2D eigenvalue weighted by molar-refractivity contribution is 6.74. The van der Waals surface area contributed by atoms with Crippen molar-refractivity contribution in [2.75, 3.05) is 0 Å². The molecule has 2 heterocycles. The summed E-state index contributed by atoms with van der Waals surface area (Å²) >= 11 is 0. The van der Waals surface area contributed by atoms with E-state index >= 15 is 0 Å². The van der Waals surface area contributed by atoms with E-state index in [1.807, 2.05) is 53.4 Å². The Morgan fingerprint density at radius 1 is 1.06 bits per heavy atom. The molecule has 5 heteroatoms. The Labute approximate surface area is 193 Å². The van der Waals surface area contributed by atoms with Gasteiger partial charge in [0.1, 0.15) is 0 Å². The lowest BCUT2D eigenvalue weighted by molar-refractivity contribution is -0.252. The SMILES string of the molecule is CC(C)(C)[Si](C)(C)OC12CCC=C[C@H](Cc3ccccc3)N1C(=O)[C@H](c1ccccc1)O2. The molecule has 0 N–H and O–H groups in total. The quantitative estimate of drug-likeness (QED) is 0.401. The summed E-state index contributed by atoms with van der Waals surface area (Å²) in [6, 6.07) is 20.0. The molecule has 3 atom stereocenters. The molecule has 0 aliphatic carbocycles. The third-order valence-corrected chi connectivity index (χ3v) is 11.5. The number of ether oxygens (including phenoxy) is 1. The molecule has 0 saturated carbocycles. The lowest BCUT2D eigenvalue weighted by atomic mass is 10.0. The van der Waals surface area contributed by atoms with Crippen LogP contribution < -0.4 is 0 Å². The maximum Gasteiger partial charge on any atom is 0.261 e. The van der Waals surface area contributed by atoms with Gasteiger partial charge in [0, 0.05) is 6.42 Å². The van der Waals surface area contributed by atoms with Gasteiger partial charge in [-0.3, -0.25) is 9.69 Å². The molecule has 2 aromatic rings. The van der Waals surface area contributed by atoms with E-state index in [-0.39, 0.29) is 17.0 Å². The predicted molar refractivity (Wildman–Crippen MR) is 130 cm³/mol. The van der Waals surface area contributed by atoms with Crippen molar-refractivity contribution in [3.8, 4) is 0 Å². The molecule has 4 rings (SSSR count). The lowest BCUT2D eigenvalue weighted by Gasteiger charge is -2.47. The van der Waals surface area contributed by atoms with Crippen LogP contribution in [0.1, 0.15) is 50.8 Å². The first kappa shape index (κ1) is 23.0. The molecule has 170 valence electrons. The first-order chi connectivity index (χ1) is 15.1. The van der Waals surface area contributed by atoms with E-state index in [9.17, 15) is 4.79 Å². The van der Waals surface area contributed by atoms with Gasteiger partial charge in [-0.15, -0.1) is 0 Å². The fraction of sp³-hybridized carbons (Fsp3) is 0.444. The van der Waals surface area contributed by atoms with Crippen LogP contribution in [0.15, 0.2) is 72.8 Å². The molecule has 1 amide bonds. The largest absolute Gasteiger partial charge is 0.374 e.